The number of carbonyl (C=O) groups is 1. The van der Waals surface area contributed by atoms with Gasteiger partial charge in [0.2, 0.25) is 5.91 Å². The van der Waals surface area contributed by atoms with E-state index in [0.717, 1.165) is 25.2 Å². The van der Waals surface area contributed by atoms with E-state index in [1.807, 2.05) is 4.57 Å². The quantitative estimate of drug-likeness (QED) is 0.804. The average Bonchev–Trinajstić information content (AvgIpc) is 2.91. The predicted molar refractivity (Wildman–Crippen MR) is 71.7 cm³/mol. The number of likely N-dealkylation sites (N-methyl/N-ethyl adjacent to an activating group) is 1. The molecule has 1 atom stereocenters. The summed E-state index contributed by atoms with van der Waals surface area (Å²) in [7, 11) is 3.53. The van der Waals surface area contributed by atoms with E-state index in [9.17, 15) is 4.79 Å². The molecule has 3 rings (SSSR count). The second-order valence-corrected chi connectivity index (χ2v) is 5.05. The molecule has 1 amide bonds. The van der Waals surface area contributed by atoms with Gasteiger partial charge in [-0.05, 0) is 12.8 Å². The molecule has 7 nitrogen and oxygen atoms in total. The fourth-order valence-electron chi connectivity index (χ4n) is 2.53. The van der Waals surface area contributed by atoms with Gasteiger partial charge in [0.25, 0.3) is 0 Å². The van der Waals surface area contributed by atoms with Crippen molar-refractivity contribution in [2.75, 3.05) is 14.1 Å². The molecular formula is C13H16N6O. The van der Waals surface area contributed by atoms with Crippen LogP contribution in [-0.2, 0) is 11.3 Å². The van der Waals surface area contributed by atoms with Gasteiger partial charge in [-0.2, -0.15) is 0 Å². The molecule has 20 heavy (non-hydrogen) atoms. The molecule has 7 heteroatoms. The third kappa shape index (κ3) is 2.04. The number of rotatable bonds is 2. The molecule has 2 aromatic heterocycles. The highest BCUT2D eigenvalue weighted by Gasteiger charge is 2.32. The Hall–Kier alpha value is -2.31. The molecule has 0 fully saturated rings. The van der Waals surface area contributed by atoms with Crippen LogP contribution in [0, 0.1) is 0 Å². The van der Waals surface area contributed by atoms with E-state index >= 15 is 0 Å². The number of fused-ring (bicyclic) bond motifs is 1. The highest BCUT2D eigenvalue weighted by molar-refractivity contribution is 5.82. The Morgan fingerprint density at radius 3 is 2.90 bits per heavy atom. The van der Waals surface area contributed by atoms with Crippen molar-refractivity contribution in [2.24, 2.45) is 0 Å². The Labute approximate surface area is 116 Å². The summed E-state index contributed by atoms with van der Waals surface area (Å²) in [6.07, 6.45) is 6.66. The van der Waals surface area contributed by atoms with Crippen LogP contribution in [0.2, 0.25) is 0 Å². The molecule has 104 valence electrons. The highest BCUT2D eigenvalue weighted by Crippen LogP contribution is 2.30. The van der Waals surface area contributed by atoms with Gasteiger partial charge in [-0.1, -0.05) is 0 Å². The molecule has 0 saturated carbocycles. The Balaban J connectivity index is 2.02. The first-order chi connectivity index (χ1) is 9.68. The minimum absolute atomic E-state index is 0.0732. The van der Waals surface area contributed by atoms with Crippen molar-refractivity contribution in [3.05, 3.63) is 24.4 Å². The zero-order valence-corrected chi connectivity index (χ0v) is 11.5. The minimum Gasteiger partial charge on any atom is -0.348 e. The molecule has 0 aromatic carbocycles. The third-order valence-corrected chi connectivity index (χ3v) is 3.50. The van der Waals surface area contributed by atoms with Crippen molar-refractivity contribution in [1.82, 2.24) is 29.6 Å². The Bertz CT molecular complexity index is 621. The normalized spacial score (nSPS) is 17.6. The fourth-order valence-corrected chi connectivity index (χ4v) is 2.53. The summed E-state index contributed by atoms with van der Waals surface area (Å²) in [5.41, 5.74) is 0.684. The summed E-state index contributed by atoms with van der Waals surface area (Å²) in [5.74, 6) is 1.28. The first-order valence-electron chi connectivity index (χ1n) is 6.59. The molecule has 2 aromatic rings. The summed E-state index contributed by atoms with van der Waals surface area (Å²) in [4.78, 5) is 22.1. The first-order valence-corrected chi connectivity index (χ1v) is 6.59. The summed E-state index contributed by atoms with van der Waals surface area (Å²) in [6, 6.07) is 0. The predicted octanol–water partition coefficient (Wildman–Crippen LogP) is 0.701. The van der Waals surface area contributed by atoms with Crippen LogP contribution in [0.1, 0.15) is 24.6 Å². The maximum absolute atomic E-state index is 12.2. The van der Waals surface area contributed by atoms with Gasteiger partial charge >= 0.3 is 0 Å². The lowest BCUT2D eigenvalue weighted by Gasteiger charge is -2.25. The van der Waals surface area contributed by atoms with Crippen LogP contribution in [0.3, 0.4) is 0 Å². The Morgan fingerprint density at radius 2 is 2.20 bits per heavy atom. The van der Waals surface area contributed by atoms with Crippen LogP contribution >= 0.6 is 0 Å². The lowest BCUT2D eigenvalue weighted by Crippen LogP contribution is -2.32. The van der Waals surface area contributed by atoms with E-state index in [0.29, 0.717) is 11.5 Å². The zero-order valence-electron chi connectivity index (χ0n) is 11.5. The molecule has 0 bridgehead atoms. The number of carbonyl (C=O) groups excluding carboxylic acids is 1. The summed E-state index contributed by atoms with van der Waals surface area (Å²) >= 11 is 0. The van der Waals surface area contributed by atoms with Crippen molar-refractivity contribution in [3.63, 3.8) is 0 Å². The second-order valence-electron chi connectivity index (χ2n) is 5.05. The maximum Gasteiger partial charge on any atom is 0.232 e. The van der Waals surface area contributed by atoms with Crippen LogP contribution < -0.4 is 0 Å². The van der Waals surface area contributed by atoms with Crippen molar-refractivity contribution in [2.45, 2.75) is 25.3 Å². The van der Waals surface area contributed by atoms with Crippen LogP contribution in [0.5, 0.6) is 0 Å². The van der Waals surface area contributed by atoms with E-state index in [-0.39, 0.29) is 11.8 Å². The highest BCUT2D eigenvalue weighted by atomic mass is 16.2. The molecule has 1 unspecified atom stereocenters. The zero-order chi connectivity index (χ0) is 14.1. The summed E-state index contributed by atoms with van der Waals surface area (Å²) < 4.78 is 1.99. The van der Waals surface area contributed by atoms with Gasteiger partial charge in [-0.3, -0.25) is 9.78 Å². The smallest absolute Gasteiger partial charge is 0.232 e. The number of hydrogen-bond acceptors (Lipinski definition) is 5. The number of nitrogens with zero attached hydrogens (tertiary/aromatic N) is 6. The lowest BCUT2D eigenvalue weighted by atomic mass is 9.97. The molecule has 3 heterocycles. The van der Waals surface area contributed by atoms with Gasteiger partial charge in [-0.25, -0.2) is 4.98 Å². The molecule has 0 radical (unpaired) electrons. The summed E-state index contributed by atoms with van der Waals surface area (Å²) in [6.45, 7) is 0.811. The Morgan fingerprint density at radius 1 is 1.35 bits per heavy atom. The number of amides is 1. The second kappa shape index (κ2) is 4.99. The van der Waals surface area contributed by atoms with Crippen molar-refractivity contribution < 1.29 is 4.79 Å². The van der Waals surface area contributed by atoms with Gasteiger partial charge < -0.3 is 9.47 Å². The van der Waals surface area contributed by atoms with Gasteiger partial charge in [0.05, 0.1) is 12.1 Å². The third-order valence-electron chi connectivity index (χ3n) is 3.50. The topological polar surface area (TPSA) is 76.8 Å². The van der Waals surface area contributed by atoms with Crippen LogP contribution in [0.25, 0.3) is 11.5 Å². The standard InChI is InChI=1S/C13H16N6O/c1-18(2)13(20)9-4-3-7-19-11(9)16-17-12(19)10-8-14-5-6-15-10/h5-6,8-9H,3-4,7H2,1-2H3. The van der Waals surface area contributed by atoms with E-state index in [1.165, 1.54) is 0 Å². The van der Waals surface area contributed by atoms with Gasteiger partial charge in [0.15, 0.2) is 5.82 Å². The van der Waals surface area contributed by atoms with Gasteiger partial charge in [0.1, 0.15) is 11.5 Å². The fraction of sp³-hybridized carbons (Fsp3) is 0.462. The van der Waals surface area contributed by atoms with Crippen LogP contribution in [0.15, 0.2) is 18.6 Å². The summed E-state index contributed by atoms with van der Waals surface area (Å²) in [5, 5.41) is 8.42. The van der Waals surface area contributed by atoms with Crippen LogP contribution in [-0.4, -0.2) is 49.6 Å². The average molecular weight is 272 g/mol. The van der Waals surface area contributed by atoms with Crippen molar-refractivity contribution in [3.8, 4) is 11.5 Å². The van der Waals surface area contributed by atoms with Gasteiger partial charge in [0, 0.05) is 33.0 Å². The van der Waals surface area contributed by atoms with E-state index in [4.69, 9.17) is 0 Å². The monoisotopic (exact) mass is 272 g/mol. The molecule has 0 saturated heterocycles. The molecule has 0 spiro atoms. The van der Waals surface area contributed by atoms with E-state index < -0.39 is 0 Å². The molecule has 0 N–H and O–H groups in total. The van der Waals surface area contributed by atoms with Crippen LogP contribution in [0.4, 0.5) is 0 Å². The Kier molecular flexibility index (Phi) is 3.17. The molecule has 1 aliphatic heterocycles. The van der Waals surface area contributed by atoms with Crippen molar-refractivity contribution >= 4 is 5.91 Å². The molecular weight excluding hydrogens is 256 g/mol. The van der Waals surface area contributed by atoms with E-state index in [1.54, 1.807) is 37.6 Å². The maximum atomic E-state index is 12.2. The van der Waals surface area contributed by atoms with Gasteiger partial charge in [-0.15, -0.1) is 10.2 Å². The molecule has 0 aliphatic carbocycles. The number of hydrogen-bond donors (Lipinski definition) is 0. The van der Waals surface area contributed by atoms with E-state index in [2.05, 4.69) is 20.2 Å². The first kappa shape index (κ1) is 12.7. The number of aromatic nitrogens is 5. The SMILES string of the molecule is CN(C)C(=O)C1CCCn2c(-c3cnccn3)nnc21. The lowest BCUT2D eigenvalue weighted by molar-refractivity contribution is -0.131. The largest absolute Gasteiger partial charge is 0.348 e. The van der Waals surface area contributed by atoms with Crippen molar-refractivity contribution in [1.29, 1.82) is 0 Å². The minimum atomic E-state index is -0.211. The molecule has 1 aliphatic rings.